The second kappa shape index (κ2) is 6.30. The van der Waals surface area contributed by atoms with Gasteiger partial charge < -0.3 is 11.1 Å². The molecule has 0 bridgehead atoms. The van der Waals surface area contributed by atoms with Gasteiger partial charge in [0.2, 0.25) is 0 Å². The molecular formula is C13H16ClFN2OS. The van der Waals surface area contributed by atoms with Crippen LogP contribution in [0.4, 0.5) is 4.39 Å². The van der Waals surface area contributed by atoms with Gasteiger partial charge in [-0.2, -0.15) is 0 Å². The number of nitrogens with two attached hydrogens (primary N) is 1. The minimum atomic E-state index is -0.747. The molecule has 0 aliphatic carbocycles. The second-order valence-corrected chi connectivity index (χ2v) is 5.08. The van der Waals surface area contributed by atoms with Gasteiger partial charge in [0.25, 0.3) is 5.91 Å². The van der Waals surface area contributed by atoms with E-state index in [1.165, 1.54) is 12.1 Å². The maximum absolute atomic E-state index is 13.3. The van der Waals surface area contributed by atoms with E-state index in [0.29, 0.717) is 12.8 Å². The minimum Gasteiger partial charge on any atom is -0.391 e. The van der Waals surface area contributed by atoms with Crippen molar-refractivity contribution in [2.75, 3.05) is 0 Å². The lowest BCUT2D eigenvalue weighted by atomic mass is 9.92. The van der Waals surface area contributed by atoms with Crippen LogP contribution in [0.2, 0.25) is 5.02 Å². The lowest BCUT2D eigenvalue weighted by Gasteiger charge is -2.31. The molecule has 0 saturated carbocycles. The summed E-state index contributed by atoms with van der Waals surface area (Å²) in [5.74, 6) is -1.06. The van der Waals surface area contributed by atoms with Crippen molar-refractivity contribution in [2.24, 2.45) is 5.73 Å². The van der Waals surface area contributed by atoms with E-state index < -0.39 is 17.3 Å². The molecule has 0 aliphatic rings. The summed E-state index contributed by atoms with van der Waals surface area (Å²) in [4.78, 5) is 12.3. The van der Waals surface area contributed by atoms with E-state index in [2.05, 4.69) is 5.32 Å². The van der Waals surface area contributed by atoms with Crippen LogP contribution >= 0.6 is 23.8 Å². The van der Waals surface area contributed by atoms with Crippen molar-refractivity contribution in [3.05, 3.63) is 34.6 Å². The number of carbonyl (C=O) groups excluding carboxylic acids is 1. The number of carbonyl (C=O) groups is 1. The monoisotopic (exact) mass is 302 g/mol. The Morgan fingerprint density at radius 2 is 2.05 bits per heavy atom. The molecule has 0 atom stereocenters. The van der Waals surface area contributed by atoms with Crippen LogP contribution in [0.3, 0.4) is 0 Å². The molecule has 1 rings (SSSR count). The molecule has 3 N–H and O–H groups in total. The van der Waals surface area contributed by atoms with Crippen LogP contribution < -0.4 is 11.1 Å². The second-order valence-electron chi connectivity index (χ2n) is 4.24. The van der Waals surface area contributed by atoms with E-state index in [1.54, 1.807) is 0 Å². The smallest absolute Gasteiger partial charge is 0.252 e. The van der Waals surface area contributed by atoms with Crippen LogP contribution in [0, 0.1) is 5.82 Å². The average molecular weight is 303 g/mol. The molecule has 0 heterocycles. The van der Waals surface area contributed by atoms with Crippen molar-refractivity contribution < 1.29 is 9.18 Å². The first kappa shape index (κ1) is 15.9. The maximum atomic E-state index is 13.3. The molecule has 1 amide bonds. The SMILES string of the molecule is CCC(CC)(NC(=O)c1ccc(Cl)c(F)c1)C(N)=S. The van der Waals surface area contributed by atoms with E-state index >= 15 is 0 Å². The number of rotatable bonds is 5. The molecule has 19 heavy (non-hydrogen) atoms. The molecule has 0 radical (unpaired) electrons. The summed E-state index contributed by atoms with van der Waals surface area (Å²) in [6, 6.07) is 3.88. The average Bonchev–Trinajstić information content (AvgIpc) is 2.38. The van der Waals surface area contributed by atoms with Gasteiger partial charge in [0.1, 0.15) is 5.82 Å². The topological polar surface area (TPSA) is 55.1 Å². The summed E-state index contributed by atoms with van der Waals surface area (Å²) in [5.41, 5.74) is 5.13. The maximum Gasteiger partial charge on any atom is 0.252 e. The van der Waals surface area contributed by atoms with Gasteiger partial charge in [0, 0.05) is 5.56 Å². The summed E-state index contributed by atoms with van der Waals surface area (Å²) >= 11 is 10.6. The van der Waals surface area contributed by atoms with Gasteiger partial charge in [-0.15, -0.1) is 0 Å². The highest BCUT2D eigenvalue weighted by Gasteiger charge is 2.31. The molecule has 0 saturated heterocycles. The predicted octanol–water partition coefficient (Wildman–Crippen LogP) is 3.05. The number of halogens is 2. The van der Waals surface area contributed by atoms with Crippen LogP contribution in [0.5, 0.6) is 0 Å². The summed E-state index contributed by atoms with van der Waals surface area (Å²) in [6.07, 6.45) is 1.14. The van der Waals surface area contributed by atoms with Gasteiger partial charge in [-0.25, -0.2) is 4.39 Å². The van der Waals surface area contributed by atoms with Crippen molar-refractivity contribution in [1.29, 1.82) is 0 Å². The van der Waals surface area contributed by atoms with Crippen LogP contribution in [0.25, 0.3) is 0 Å². The molecule has 6 heteroatoms. The molecule has 0 spiro atoms. The Morgan fingerprint density at radius 1 is 1.47 bits per heavy atom. The summed E-state index contributed by atoms with van der Waals surface area (Å²) in [5, 5.41) is 2.75. The van der Waals surface area contributed by atoms with E-state index in [4.69, 9.17) is 29.6 Å². The van der Waals surface area contributed by atoms with E-state index in [9.17, 15) is 9.18 Å². The predicted molar refractivity (Wildman–Crippen MR) is 79.0 cm³/mol. The lowest BCUT2D eigenvalue weighted by molar-refractivity contribution is 0.0919. The standard InChI is InChI=1S/C13H16ClFN2OS/c1-3-13(4-2,12(16)19)17-11(18)8-5-6-9(14)10(15)7-8/h5-7H,3-4H2,1-2H3,(H2,16,19)(H,17,18). The third-order valence-electron chi connectivity index (χ3n) is 3.21. The van der Waals surface area contributed by atoms with Gasteiger partial charge >= 0.3 is 0 Å². The number of amides is 1. The molecule has 104 valence electrons. The van der Waals surface area contributed by atoms with Crippen LogP contribution in [0.1, 0.15) is 37.0 Å². The van der Waals surface area contributed by atoms with Gasteiger partial charge in [0.15, 0.2) is 0 Å². The van der Waals surface area contributed by atoms with E-state index in [-0.39, 0.29) is 15.6 Å². The van der Waals surface area contributed by atoms with Crippen molar-refractivity contribution >= 4 is 34.7 Å². The molecule has 1 aromatic rings. The fourth-order valence-electron chi connectivity index (χ4n) is 1.76. The lowest BCUT2D eigenvalue weighted by Crippen LogP contribution is -2.55. The largest absolute Gasteiger partial charge is 0.391 e. The molecule has 3 nitrogen and oxygen atoms in total. The van der Waals surface area contributed by atoms with E-state index in [1.807, 2.05) is 13.8 Å². The fourth-order valence-corrected chi connectivity index (χ4v) is 2.22. The van der Waals surface area contributed by atoms with E-state index in [0.717, 1.165) is 6.07 Å². The number of hydrogen-bond acceptors (Lipinski definition) is 2. The minimum absolute atomic E-state index is 0.0249. The summed E-state index contributed by atoms with van der Waals surface area (Å²) < 4.78 is 13.3. The van der Waals surface area contributed by atoms with Gasteiger partial charge in [-0.1, -0.05) is 37.7 Å². The van der Waals surface area contributed by atoms with Crippen LogP contribution in [0.15, 0.2) is 18.2 Å². The highest BCUT2D eigenvalue weighted by molar-refractivity contribution is 7.80. The molecule has 0 aliphatic heterocycles. The normalized spacial score (nSPS) is 11.2. The number of nitrogens with one attached hydrogen (secondary N) is 1. The quantitative estimate of drug-likeness (QED) is 0.822. The van der Waals surface area contributed by atoms with Crippen molar-refractivity contribution in [1.82, 2.24) is 5.32 Å². The molecule has 0 aromatic heterocycles. The first-order valence-electron chi connectivity index (χ1n) is 5.93. The zero-order valence-corrected chi connectivity index (χ0v) is 12.4. The Balaban J connectivity index is 3.00. The highest BCUT2D eigenvalue weighted by atomic mass is 35.5. The third kappa shape index (κ3) is 3.42. The molecule has 0 unspecified atom stereocenters. The Hall–Kier alpha value is -1.20. The third-order valence-corrected chi connectivity index (χ3v) is 3.91. The molecule has 1 aromatic carbocycles. The first-order valence-corrected chi connectivity index (χ1v) is 6.72. The fraction of sp³-hybridized carbons (Fsp3) is 0.385. The molecular weight excluding hydrogens is 287 g/mol. The molecule has 0 fully saturated rings. The number of benzene rings is 1. The highest BCUT2D eigenvalue weighted by Crippen LogP contribution is 2.19. The Morgan fingerprint density at radius 3 is 2.47 bits per heavy atom. The van der Waals surface area contributed by atoms with Crippen LogP contribution in [-0.4, -0.2) is 16.4 Å². The Labute approximate surface area is 122 Å². The van der Waals surface area contributed by atoms with Crippen molar-refractivity contribution in [2.45, 2.75) is 32.2 Å². The van der Waals surface area contributed by atoms with Crippen molar-refractivity contribution in [3.63, 3.8) is 0 Å². The van der Waals surface area contributed by atoms with Gasteiger partial charge in [-0.3, -0.25) is 4.79 Å². The number of hydrogen-bond donors (Lipinski definition) is 2. The Bertz CT molecular complexity index is 503. The van der Waals surface area contributed by atoms with Gasteiger partial charge in [-0.05, 0) is 31.0 Å². The Kier molecular flexibility index (Phi) is 5.26. The van der Waals surface area contributed by atoms with Crippen LogP contribution in [-0.2, 0) is 0 Å². The zero-order chi connectivity index (χ0) is 14.6. The zero-order valence-electron chi connectivity index (χ0n) is 10.8. The number of thiocarbonyl (C=S) groups is 1. The summed E-state index contributed by atoms with van der Waals surface area (Å²) in [6.45, 7) is 3.76. The van der Waals surface area contributed by atoms with Gasteiger partial charge in [0.05, 0.1) is 15.6 Å². The van der Waals surface area contributed by atoms with Crippen molar-refractivity contribution in [3.8, 4) is 0 Å². The first-order chi connectivity index (χ1) is 8.86. The summed E-state index contributed by atoms with van der Waals surface area (Å²) in [7, 11) is 0.